The first-order valence-corrected chi connectivity index (χ1v) is 32.8. The molecule has 0 rings (SSSR count). The molecule has 0 aromatic carbocycles. The Bertz CT molecular complexity index is 1510. The minimum Gasteiger partial charge on any atom is -0.456 e. The van der Waals surface area contributed by atoms with Crippen molar-refractivity contribution in [3.8, 4) is 0 Å². The van der Waals surface area contributed by atoms with Gasteiger partial charge in [0.25, 0.3) is 0 Å². The van der Waals surface area contributed by atoms with Crippen LogP contribution in [-0.4, -0.2) is 74.3 Å². The average molecular weight is 1070 g/mol. The van der Waals surface area contributed by atoms with E-state index in [9.17, 15) is 19.0 Å². The van der Waals surface area contributed by atoms with Crippen molar-refractivity contribution in [2.45, 2.75) is 290 Å². The van der Waals surface area contributed by atoms with Crippen LogP contribution in [0.5, 0.6) is 0 Å². The van der Waals surface area contributed by atoms with Crippen LogP contribution in [0.1, 0.15) is 278 Å². The van der Waals surface area contributed by atoms with Crippen LogP contribution in [0.25, 0.3) is 0 Å². The summed E-state index contributed by atoms with van der Waals surface area (Å²) in [4.78, 5) is 37.7. The number of quaternary nitrogens is 1. The summed E-state index contributed by atoms with van der Waals surface area (Å²) < 4.78 is 30.7. The number of likely N-dealkylation sites (N-methyl/N-ethyl adjacent to an activating group) is 1. The SMILES string of the molecule is CCCCC/C=C\C/C=C\C/C=C\C/C=C\CCCCCCCCCC(=O)OC(/C=C\CCCCCCCCCCC)C(COP(=O)(O)OCC[N+](C)(C)C)NC(=O)CCCCCCCCC/C=C\CCCCCC. The van der Waals surface area contributed by atoms with E-state index < -0.39 is 20.0 Å². The molecule has 3 atom stereocenters. The van der Waals surface area contributed by atoms with E-state index in [1.165, 1.54) is 141 Å². The van der Waals surface area contributed by atoms with Gasteiger partial charge >= 0.3 is 13.8 Å². The van der Waals surface area contributed by atoms with Crippen LogP contribution in [0, 0.1) is 0 Å². The smallest absolute Gasteiger partial charge is 0.456 e. The van der Waals surface area contributed by atoms with E-state index in [1.54, 1.807) is 0 Å². The number of esters is 1. The van der Waals surface area contributed by atoms with E-state index in [0.717, 1.165) is 103 Å². The summed E-state index contributed by atoms with van der Waals surface area (Å²) in [5.74, 6) is -0.521. The molecule has 0 aliphatic rings. The number of rotatable bonds is 56. The van der Waals surface area contributed by atoms with Gasteiger partial charge in [-0.2, -0.15) is 0 Å². The van der Waals surface area contributed by atoms with Crippen LogP contribution in [0.3, 0.4) is 0 Å². The van der Waals surface area contributed by atoms with Crippen molar-refractivity contribution < 1.29 is 37.3 Å². The fourth-order valence-corrected chi connectivity index (χ4v) is 9.48. The highest BCUT2D eigenvalue weighted by atomic mass is 31.2. The van der Waals surface area contributed by atoms with Crippen LogP contribution >= 0.6 is 7.82 Å². The normalized spacial score (nSPS) is 14.2. The Labute approximate surface area is 463 Å². The number of carbonyl (C=O) groups excluding carboxylic acids is 2. The highest BCUT2D eigenvalue weighted by Gasteiger charge is 2.30. The van der Waals surface area contributed by atoms with Crippen LogP contribution < -0.4 is 5.32 Å². The lowest BCUT2D eigenvalue weighted by molar-refractivity contribution is -0.870. The third-order valence-electron chi connectivity index (χ3n) is 13.6. The van der Waals surface area contributed by atoms with Crippen LogP contribution in [0.2, 0.25) is 0 Å². The van der Waals surface area contributed by atoms with E-state index in [1.807, 2.05) is 33.3 Å². The second kappa shape index (κ2) is 54.8. The van der Waals surface area contributed by atoms with Gasteiger partial charge in [0, 0.05) is 12.8 Å². The average Bonchev–Trinajstić information content (AvgIpc) is 3.37. The summed E-state index contributed by atoms with van der Waals surface area (Å²) in [6.45, 7) is 6.96. The molecule has 0 saturated carbocycles. The number of amides is 1. The molecule has 0 radical (unpaired) electrons. The summed E-state index contributed by atoms with van der Waals surface area (Å²) in [5.41, 5.74) is 0. The summed E-state index contributed by atoms with van der Waals surface area (Å²) in [6, 6.07) is -0.857. The molecule has 3 unspecified atom stereocenters. The number of hydrogen-bond acceptors (Lipinski definition) is 6. The lowest BCUT2D eigenvalue weighted by Gasteiger charge is -2.27. The largest absolute Gasteiger partial charge is 0.472 e. The second-order valence-corrected chi connectivity index (χ2v) is 23.7. The molecular weight excluding hydrogens is 952 g/mol. The number of phosphoric acid groups is 1. The van der Waals surface area contributed by atoms with Gasteiger partial charge in [-0.1, -0.05) is 235 Å². The Balaban J connectivity index is 5.20. The molecule has 10 heteroatoms. The quantitative estimate of drug-likeness (QED) is 0.0205. The van der Waals surface area contributed by atoms with Gasteiger partial charge in [-0.15, -0.1) is 0 Å². The summed E-state index contributed by atoms with van der Waals surface area (Å²) in [6.07, 6.45) is 70.4. The van der Waals surface area contributed by atoms with Crippen molar-refractivity contribution in [3.05, 3.63) is 72.9 Å². The van der Waals surface area contributed by atoms with Crippen LogP contribution in [-0.2, 0) is 27.9 Å². The number of carbonyl (C=O) groups is 2. The van der Waals surface area contributed by atoms with E-state index in [4.69, 9.17) is 13.8 Å². The van der Waals surface area contributed by atoms with Crippen molar-refractivity contribution in [2.24, 2.45) is 0 Å². The first-order chi connectivity index (χ1) is 36.4. The molecule has 1 amide bonds. The molecule has 9 nitrogen and oxygen atoms in total. The van der Waals surface area contributed by atoms with Gasteiger partial charge in [-0.05, 0) is 102 Å². The first kappa shape index (κ1) is 72.5. The Morgan fingerprint density at radius 3 is 1.27 bits per heavy atom. The zero-order valence-electron chi connectivity index (χ0n) is 49.8. The molecule has 436 valence electrons. The standard InChI is InChI=1S/C65H119N2O7P/c1-7-10-13-16-19-22-25-27-29-30-31-32-33-34-35-36-38-40-43-46-49-52-55-58-65(69)74-63(56-53-50-47-44-41-24-21-18-15-12-9-3)62(61-73-75(70,71)72-60-59-67(4,5)6)66-64(68)57-54-51-48-45-42-39-37-28-26-23-20-17-14-11-8-2/h19,22-23,26-27,29,31-32,34-35,53,56,62-63H,7-18,20-21,24-25,28,30,33,36-52,54-55,57-61H2,1-6H3,(H-,66,68,70,71)/p+1/b22-19-,26-23-,29-27-,32-31-,35-34-,56-53-. The maximum Gasteiger partial charge on any atom is 0.472 e. The van der Waals surface area contributed by atoms with E-state index >= 15 is 0 Å². The third kappa shape index (κ3) is 56.0. The number of ether oxygens (including phenoxy) is 1. The van der Waals surface area contributed by atoms with Crippen LogP contribution in [0.4, 0.5) is 0 Å². The van der Waals surface area contributed by atoms with Gasteiger partial charge in [0.1, 0.15) is 19.3 Å². The molecule has 0 bridgehead atoms. The zero-order valence-corrected chi connectivity index (χ0v) is 50.7. The molecule has 0 aromatic heterocycles. The second-order valence-electron chi connectivity index (χ2n) is 22.2. The van der Waals surface area contributed by atoms with Gasteiger partial charge in [-0.25, -0.2) is 4.57 Å². The molecule has 0 aromatic rings. The predicted octanol–water partition coefficient (Wildman–Crippen LogP) is 19.2. The summed E-state index contributed by atoms with van der Waals surface area (Å²) in [7, 11) is 1.48. The molecule has 0 heterocycles. The van der Waals surface area contributed by atoms with E-state index in [-0.39, 0.29) is 31.5 Å². The maximum atomic E-state index is 13.5. The molecule has 0 aliphatic carbocycles. The predicted molar refractivity (Wildman–Crippen MR) is 323 cm³/mol. The van der Waals surface area contributed by atoms with Gasteiger partial charge < -0.3 is 19.4 Å². The lowest BCUT2D eigenvalue weighted by Crippen LogP contribution is -2.47. The summed E-state index contributed by atoms with van der Waals surface area (Å²) in [5, 5.41) is 3.05. The maximum absolute atomic E-state index is 13.5. The molecule has 2 N–H and O–H groups in total. The lowest BCUT2D eigenvalue weighted by atomic mass is 10.1. The summed E-state index contributed by atoms with van der Waals surface area (Å²) >= 11 is 0. The molecule has 75 heavy (non-hydrogen) atoms. The molecule has 0 saturated heterocycles. The molecule has 0 fully saturated rings. The number of nitrogens with zero attached hydrogens (tertiary/aromatic N) is 1. The van der Waals surface area contributed by atoms with Crippen molar-refractivity contribution >= 4 is 19.7 Å². The Hall–Kier alpha value is -2.55. The van der Waals surface area contributed by atoms with Gasteiger partial charge in [0.05, 0.1) is 33.8 Å². The van der Waals surface area contributed by atoms with E-state index in [2.05, 4.69) is 86.8 Å². The molecular formula is C65H120N2O7P+. The van der Waals surface area contributed by atoms with Gasteiger partial charge in [0.2, 0.25) is 5.91 Å². The highest BCUT2D eigenvalue weighted by Crippen LogP contribution is 2.43. The number of phosphoric ester groups is 1. The van der Waals surface area contributed by atoms with Crippen molar-refractivity contribution in [3.63, 3.8) is 0 Å². The third-order valence-corrected chi connectivity index (χ3v) is 14.6. The Morgan fingerprint density at radius 1 is 0.467 bits per heavy atom. The number of nitrogens with one attached hydrogen (secondary N) is 1. The fraction of sp³-hybridized carbons (Fsp3) is 0.785. The minimum absolute atomic E-state index is 0.0354. The van der Waals surface area contributed by atoms with Gasteiger partial charge in [0.15, 0.2) is 0 Å². The monoisotopic (exact) mass is 1070 g/mol. The molecule has 0 aliphatic heterocycles. The van der Waals surface area contributed by atoms with Crippen molar-refractivity contribution in [1.82, 2.24) is 5.32 Å². The highest BCUT2D eigenvalue weighted by molar-refractivity contribution is 7.47. The van der Waals surface area contributed by atoms with E-state index in [0.29, 0.717) is 17.4 Å². The number of allylic oxidation sites excluding steroid dienone is 11. The van der Waals surface area contributed by atoms with Gasteiger partial charge in [-0.3, -0.25) is 18.6 Å². The Kier molecular flexibility index (Phi) is 52.9. The Morgan fingerprint density at radius 2 is 0.813 bits per heavy atom. The number of unbranched alkanes of at least 4 members (excludes halogenated alkanes) is 30. The van der Waals surface area contributed by atoms with Crippen molar-refractivity contribution in [2.75, 3.05) is 40.9 Å². The molecule has 0 spiro atoms. The zero-order chi connectivity index (χ0) is 55.0. The number of hydrogen-bond donors (Lipinski definition) is 2. The van der Waals surface area contributed by atoms with Crippen molar-refractivity contribution in [1.29, 1.82) is 0 Å². The fourth-order valence-electron chi connectivity index (χ4n) is 8.74. The topological polar surface area (TPSA) is 111 Å². The van der Waals surface area contributed by atoms with Crippen LogP contribution in [0.15, 0.2) is 72.9 Å². The minimum atomic E-state index is -4.45. The first-order valence-electron chi connectivity index (χ1n) is 31.3.